The van der Waals surface area contributed by atoms with E-state index in [2.05, 4.69) is 17.1 Å². The molecular weight excluding hydrogens is 212 g/mol. The Balaban J connectivity index is 2.56. The third-order valence-corrected chi connectivity index (χ3v) is 3.72. The second kappa shape index (κ2) is 7.00. The summed E-state index contributed by atoms with van der Waals surface area (Å²) in [7, 11) is 2.00. The van der Waals surface area contributed by atoms with Gasteiger partial charge in [-0.3, -0.25) is 4.79 Å². The van der Waals surface area contributed by atoms with Crippen LogP contribution in [0.5, 0.6) is 0 Å². The van der Waals surface area contributed by atoms with Gasteiger partial charge in [-0.15, -0.1) is 0 Å². The Morgan fingerprint density at radius 3 is 2.65 bits per heavy atom. The van der Waals surface area contributed by atoms with Crippen molar-refractivity contribution >= 4 is 5.91 Å². The van der Waals surface area contributed by atoms with Crippen LogP contribution in [-0.2, 0) is 4.79 Å². The predicted octanol–water partition coefficient (Wildman–Crippen LogP) is 2.27. The molecule has 0 radical (unpaired) electrons. The maximum atomic E-state index is 12.1. The van der Waals surface area contributed by atoms with Crippen LogP contribution in [0, 0.1) is 11.8 Å². The van der Waals surface area contributed by atoms with Crippen molar-refractivity contribution in [3.8, 4) is 0 Å². The standard InChI is InChI=1S/C14H28N2O/c1-5-6-7-12-8-13(15-4)10-16(9-12)14(17)11(2)3/h11-13,15H,5-10H2,1-4H3. The van der Waals surface area contributed by atoms with Crippen molar-refractivity contribution in [2.24, 2.45) is 11.8 Å². The molecular formula is C14H28N2O. The van der Waals surface area contributed by atoms with E-state index in [0.29, 0.717) is 17.9 Å². The molecule has 17 heavy (non-hydrogen) atoms. The summed E-state index contributed by atoms with van der Waals surface area (Å²) in [4.78, 5) is 14.1. The Morgan fingerprint density at radius 1 is 1.41 bits per heavy atom. The third kappa shape index (κ3) is 4.30. The lowest BCUT2D eigenvalue weighted by atomic mass is 9.89. The zero-order valence-corrected chi connectivity index (χ0v) is 11.8. The van der Waals surface area contributed by atoms with Gasteiger partial charge >= 0.3 is 0 Å². The Bertz CT molecular complexity index is 240. The number of carbonyl (C=O) groups excluding carboxylic acids is 1. The topological polar surface area (TPSA) is 32.3 Å². The molecule has 2 atom stereocenters. The number of rotatable bonds is 5. The summed E-state index contributed by atoms with van der Waals surface area (Å²) < 4.78 is 0. The molecule has 0 bridgehead atoms. The maximum absolute atomic E-state index is 12.1. The number of likely N-dealkylation sites (N-methyl/N-ethyl adjacent to an activating group) is 1. The van der Waals surface area contributed by atoms with Gasteiger partial charge in [0.15, 0.2) is 0 Å². The van der Waals surface area contributed by atoms with Crippen molar-refractivity contribution in [1.82, 2.24) is 10.2 Å². The molecule has 1 saturated heterocycles. The molecule has 2 unspecified atom stereocenters. The van der Waals surface area contributed by atoms with E-state index < -0.39 is 0 Å². The van der Waals surface area contributed by atoms with Gasteiger partial charge in [0.05, 0.1) is 0 Å². The second-order valence-electron chi connectivity index (χ2n) is 5.63. The molecule has 0 aromatic heterocycles. The minimum absolute atomic E-state index is 0.123. The zero-order chi connectivity index (χ0) is 12.8. The first-order chi connectivity index (χ1) is 8.08. The van der Waals surface area contributed by atoms with Crippen molar-refractivity contribution in [3.05, 3.63) is 0 Å². The summed E-state index contributed by atoms with van der Waals surface area (Å²) in [5.74, 6) is 1.12. The molecule has 3 nitrogen and oxygen atoms in total. The van der Waals surface area contributed by atoms with Crippen molar-refractivity contribution < 1.29 is 4.79 Å². The first kappa shape index (κ1) is 14.5. The molecule has 1 aliphatic rings. The van der Waals surface area contributed by atoms with Gasteiger partial charge in [-0.25, -0.2) is 0 Å². The molecule has 0 saturated carbocycles. The second-order valence-corrected chi connectivity index (χ2v) is 5.63. The molecule has 1 rings (SSSR count). The van der Waals surface area contributed by atoms with Gasteiger partial charge in [0.25, 0.3) is 0 Å². The lowest BCUT2D eigenvalue weighted by Crippen LogP contribution is -2.51. The van der Waals surface area contributed by atoms with Crippen LogP contribution in [0.1, 0.15) is 46.5 Å². The quantitative estimate of drug-likeness (QED) is 0.799. The van der Waals surface area contributed by atoms with Crippen molar-refractivity contribution in [1.29, 1.82) is 0 Å². The number of likely N-dealkylation sites (tertiary alicyclic amines) is 1. The molecule has 0 aromatic rings. The maximum Gasteiger partial charge on any atom is 0.225 e. The van der Waals surface area contributed by atoms with E-state index in [-0.39, 0.29) is 5.92 Å². The number of nitrogens with zero attached hydrogens (tertiary/aromatic N) is 1. The summed E-state index contributed by atoms with van der Waals surface area (Å²) in [5, 5.41) is 3.34. The average Bonchev–Trinajstić information content (AvgIpc) is 2.34. The Morgan fingerprint density at radius 2 is 2.12 bits per heavy atom. The molecule has 1 aliphatic heterocycles. The van der Waals surface area contributed by atoms with Crippen LogP contribution in [0.2, 0.25) is 0 Å². The van der Waals surface area contributed by atoms with Gasteiger partial charge in [0.1, 0.15) is 0 Å². The van der Waals surface area contributed by atoms with Gasteiger partial charge in [-0.05, 0) is 25.8 Å². The molecule has 0 aliphatic carbocycles. The van der Waals surface area contributed by atoms with Crippen molar-refractivity contribution in [2.45, 2.75) is 52.5 Å². The highest BCUT2D eigenvalue weighted by atomic mass is 16.2. The minimum Gasteiger partial charge on any atom is -0.341 e. The molecule has 1 fully saturated rings. The number of hydrogen-bond donors (Lipinski definition) is 1. The molecule has 0 spiro atoms. The summed E-state index contributed by atoms with van der Waals surface area (Å²) >= 11 is 0. The average molecular weight is 240 g/mol. The van der Waals surface area contributed by atoms with E-state index in [9.17, 15) is 4.79 Å². The third-order valence-electron chi connectivity index (χ3n) is 3.72. The SMILES string of the molecule is CCCCC1CC(NC)CN(C(=O)C(C)C)C1. The van der Waals surface area contributed by atoms with E-state index >= 15 is 0 Å². The lowest BCUT2D eigenvalue weighted by molar-refractivity contribution is -0.136. The highest BCUT2D eigenvalue weighted by Crippen LogP contribution is 2.23. The highest BCUT2D eigenvalue weighted by Gasteiger charge is 2.29. The van der Waals surface area contributed by atoms with Crippen LogP contribution < -0.4 is 5.32 Å². The van der Waals surface area contributed by atoms with Gasteiger partial charge in [0.2, 0.25) is 5.91 Å². The van der Waals surface area contributed by atoms with Gasteiger partial charge in [0, 0.05) is 25.0 Å². The molecule has 1 heterocycles. The lowest BCUT2D eigenvalue weighted by Gasteiger charge is -2.38. The first-order valence-corrected chi connectivity index (χ1v) is 7.04. The van der Waals surface area contributed by atoms with Crippen molar-refractivity contribution in [2.75, 3.05) is 20.1 Å². The van der Waals surface area contributed by atoms with Gasteiger partial charge in [-0.1, -0.05) is 33.6 Å². The number of amides is 1. The largest absolute Gasteiger partial charge is 0.341 e. The fourth-order valence-electron chi connectivity index (χ4n) is 2.66. The summed E-state index contributed by atoms with van der Waals surface area (Å²) in [6, 6.07) is 0.480. The Kier molecular flexibility index (Phi) is 5.96. The van der Waals surface area contributed by atoms with E-state index in [1.165, 1.54) is 25.7 Å². The number of unbranched alkanes of at least 4 members (excludes halogenated alkanes) is 1. The first-order valence-electron chi connectivity index (χ1n) is 7.04. The van der Waals surface area contributed by atoms with Crippen LogP contribution in [0.15, 0.2) is 0 Å². The molecule has 1 N–H and O–H groups in total. The zero-order valence-electron chi connectivity index (χ0n) is 11.8. The number of hydrogen-bond acceptors (Lipinski definition) is 2. The van der Waals surface area contributed by atoms with Crippen LogP contribution >= 0.6 is 0 Å². The van der Waals surface area contributed by atoms with E-state index in [1.807, 2.05) is 20.9 Å². The molecule has 100 valence electrons. The summed E-state index contributed by atoms with van der Waals surface area (Å²) in [5.41, 5.74) is 0. The van der Waals surface area contributed by atoms with Gasteiger partial charge < -0.3 is 10.2 Å². The monoisotopic (exact) mass is 240 g/mol. The number of carbonyl (C=O) groups is 1. The van der Waals surface area contributed by atoms with E-state index in [4.69, 9.17) is 0 Å². The normalized spacial score (nSPS) is 25.4. The fourth-order valence-corrected chi connectivity index (χ4v) is 2.66. The number of piperidine rings is 1. The van der Waals surface area contributed by atoms with E-state index in [1.54, 1.807) is 0 Å². The van der Waals surface area contributed by atoms with Crippen molar-refractivity contribution in [3.63, 3.8) is 0 Å². The Hall–Kier alpha value is -0.570. The molecule has 0 aromatic carbocycles. The smallest absolute Gasteiger partial charge is 0.225 e. The molecule has 1 amide bonds. The Labute approximate surface area is 106 Å². The van der Waals surface area contributed by atoms with E-state index in [0.717, 1.165) is 13.1 Å². The summed E-state index contributed by atoms with van der Waals surface area (Å²) in [6.07, 6.45) is 5.01. The van der Waals surface area contributed by atoms with Gasteiger partial charge in [-0.2, -0.15) is 0 Å². The molecule has 3 heteroatoms. The van der Waals surface area contributed by atoms with Crippen LogP contribution in [0.25, 0.3) is 0 Å². The number of nitrogens with one attached hydrogen (secondary N) is 1. The predicted molar refractivity (Wildman–Crippen MR) is 71.9 cm³/mol. The van der Waals surface area contributed by atoms with Crippen LogP contribution in [-0.4, -0.2) is 37.0 Å². The van der Waals surface area contributed by atoms with Crippen LogP contribution in [0.4, 0.5) is 0 Å². The highest BCUT2D eigenvalue weighted by molar-refractivity contribution is 5.78. The fraction of sp³-hybridized carbons (Fsp3) is 0.929. The summed E-state index contributed by atoms with van der Waals surface area (Å²) in [6.45, 7) is 8.07. The minimum atomic E-state index is 0.123. The van der Waals surface area contributed by atoms with Crippen LogP contribution in [0.3, 0.4) is 0 Å².